The Morgan fingerprint density at radius 2 is 1.44 bits per heavy atom. The zero-order valence-electron chi connectivity index (χ0n) is 15.0. The highest BCUT2D eigenvalue weighted by Crippen LogP contribution is 2.21. The number of aryl methyl sites for hydroxylation is 4. The number of sulfonamides is 1. The van der Waals surface area contributed by atoms with E-state index in [4.69, 9.17) is 0 Å². The lowest BCUT2D eigenvalue weighted by Gasteiger charge is -2.13. The summed E-state index contributed by atoms with van der Waals surface area (Å²) in [6.07, 6.45) is 0. The second-order valence-corrected chi connectivity index (χ2v) is 7.95. The lowest BCUT2D eigenvalue weighted by molar-refractivity contribution is 0.0954. The minimum atomic E-state index is -3.61. The predicted molar refractivity (Wildman–Crippen MR) is 99.4 cm³/mol. The lowest BCUT2D eigenvalue weighted by atomic mass is 10.1. The van der Waals surface area contributed by atoms with Crippen LogP contribution in [-0.2, 0) is 10.0 Å². The van der Waals surface area contributed by atoms with E-state index in [1.807, 2.05) is 38.1 Å². The molecule has 0 aliphatic heterocycles. The SMILES string of the molecule is Cc1ccc(C(=O)NCCNS(=O)(=O)c2c(C)cc(C)cc2C)cc1. The standard InChI is InChI=1S/C19H24N2O3S/c1-13-5-7-17(8-6-13)19(22)20-9-10-21-25(23,24)18-15(3)11-14(2)12-16(18)4/h5-8,11-12,21H,9-10H2,1-4H3,(H,20,22). The lowest BCUT2D eigenvalue weighted by Crippen LogP contribution is -2.35. The fourth-order valence-electron chi connectivity index (χ4n) is 2.83. The molecule has 6 heteroatoms. The van der Waals surface area contributed by atoms with Crippen LogP contribution in [0.3, 0.4) is 0 Å². The third-order valence-corrected chi connectivity index (χ3v) is 5.66. The second kappa shape index (κ2) is 7.80. The summed E-state index contributed by atoms with van der Waals surface area (Å²) in [7, 11) is -3.61. The normalized spacial score (nSPS) is 11.4. The zero-order valence-corrected chi connectivity index (χ0v) is 15.8. The maximum atomic E-state index is 12.5. The Morgan fingerprint density at radius 1 is 0.880 bits per heavy atom. The fraction of sp³-hybridized carbons (Fsp3) is 0.316. The van der Waals surface area contributed by atoms with Crippen LogP contribution in [-0.4, -0.2) is 27.4 Å². The largest absolute Gasteiger partial charge is 0.351 e. The summed E-state index contributed by atoms with van der Waals surface area (Å²) < 4.78 is 27.6. The topological polar surface area (TPSA) is 75.3 Å². The van der Waals surface area contributed by atoms with Gasteiger partial charge in [0.25, 0.3) is 5.91 Å². The summed E-state index contributed by atoms with van der Waals surface area (Å²) in [5, 5.41) is 2.71. The Hall–Kier alpha value is -2.18. The molecule has 0 unspecified atom stereocenters. The first-order valence-corrected chi connectivity index (χ1v) is 9.61. The maximum Gasteiger partial charge on any atom is 0.251 e. The van der Waals surface area contributed by atoms with Crippen molar-refractivity contribution in [2.75, 3.05) is 13.1 Å². The summed E-state index contributed by atoms with van der Waals surface area (Å²) in [6.45, 7) is 7.81. The Morgan fingerprint density at radius 3 is 2.00 bits per heavy atom. The van der Waals surface area contributed by atoms with Gasteiger partial charge in [-0.1, -0.05) is 35.4 Å². The smallest absolute Gasteiger partial charge is 0.251 e. The predicted octanol–water partition coefficient (Wildman–Crippen LogP) is 2.63. The van der Waals surface area contributed by atoms with Crippen molar-refractivity contribution >= 4 is 15.9 Å². The summed E-state index contributed by atoms with van der Waals surface area (Å²) in [4.78, 5) is 12.3. The maximum absolute atomic E-state index is 12.5. The minimum Gasteiger partial charge on any atom is -0.351 e. The first-order valence-electron chi connectivity index (χ1n) is 8.13. The average molecular weight is 360 g/mol. The van der Waals surface area contributed by atoms with Crippen molar-refractivity contribution in [3.05, 3.63) is 64.2 Å². The highest BCUT2D eigenvalue weighted by molar-refractivity contribution is 7.89. The highest BCUT2D eigenvalue weighted by Gasteiger charge is 2.19. The molecule has 0 saturated carbocycles. The van der Waals surface area contributed by atoms with E-state index in [0.717, 1.165) is 11.1 Å². The molecule has 2 aromatic rings. The van der Waals surface area contributed by atoms with E-state index >= 15 is 0 Å². The Balaban J connectivity index is 1.95. The number of amides is 1. The molecule has 2 aromatic carbocycles. The third-order valence-electron chi connectivity index (χ3n) is 3.89. The van der Waals surface area contributed by atoms with Gasteiger partial charge in [-0.25, -0.2) is 13.1 Å². The molecular weight excluding hydrogens is 336 g/mol. The molecule has 0 aliphatic rings. The average Bonchev–Trinajstić information content (AvgIpc) is 2.50. The summed E-state index contributed by atoms with van der Waals surface area (Å²) in [5.41, 5.74) is 4.09. The Kier molecular flexibility index (Phi) is 5.98. The molecule has 0 spiro atoms. The van der Waals surface area contributed by atoms with Crippen molar-refractivity contribution < 1.29 is 13.2 Å². The van der Waals surface area contributed by atoms with E-state index in [2.05, 4.69) is 10.0 Å². The van der Waals surface area contributed by atoms with Gasteiger partial charge in [-0.2, -0.15) is 0 Å². The monoisotopic (exact) mass is 360 g/mol. The van der Waals surface area contributed by atoms with E-state index in [9.17, 15) is 13.2 Å². The number of hydrogen-bond acceptors (Lipinski definition) is 3. The quantitative estimate of drug-likeness (QED) is 0.778. The van der Waals surface area contributed by atoms with Crippen LogP contribution < -0.4 is 10.0 Å². The van der Waals surface area contributed by atoms with Gasteiger partial charge in [0.2, 0.25) is 10.0 Å². The molecule has 2 N–H and O–H groups in total. The van der Waals surface area contributed by atoms with Crippen molar-refractivity contribution in [2.24, 2.45) is 0 Å². The molecule has 0 atom stereocenters. The van der Waals surface area contributed by atoms with Crippen molar-refractivity contribution in [2.45, 2.75) is 32.6 Å². The highest BCUT2D eigenvalue weighted by atomic mass is 32.2. The van der Waals surface area contributed by atoms with Crippen LogP contribution in [0.2, 0.25) is 0 Å². The molecule has 0 radical (unpaired) electrons. The van der Waals surface area contributed by atoms with Gasteiger partial charge >= 0.3 is 0 Å². The van der Waals surface area contributed by atoms with Crippen LogP contribution >= 0.6 is 0 Å². The second-order valence-electron chi connectivity index (χ2n) is 6.25. The van der Waals surface area contributed by atoms with Crippen LogP contribution in [0, 0.1) is 27.7 Å². The van der Waals surface area contributed by atoms with E-state index in [0.29, 0.717) is 21.6 Å². The first-order chi connectivity index (χ1) is 11.7. The molecule has 25 heavy (non-hydrogen) atoms. The first kappa shape index (κ1) is 19.1. The van der Waals surface area contributed by atoms with Gasteiger partial charge in [-0.05, 0) is 51.0 Å². The van der Waals surface area contributed by atoms with Gasteiger partial charge in [-0.15, -0.1) is 0 Å². The fourth-order valence-corrected chi connectivity index (χ4v) is 4.31. The minimum absolute atomic E-state index is 0.132. The molecule has 0 heterocycles. The van der Waals surface area contributed by atoms with Crippen LogP contribution in [0.4, 0.5) is 0 Å². The van der Waals surface area contributed by atoms with Crippen LogP contribution in [0.25, 0.3) is 0 Å². The molecule has 2 rings (SSSR count). The van der Waals surface area contributed by atoms with Gasteiger partial charge < -0.3 is 5.32 Å². The van der Waals surface area contributed by atoms with E-state index in [-0.39, 0.29) is 19.0 Å². The van der Waals surface area contributed by atoms with Gasteiger partial charge in [-0.3, -0.25) is 4.79 Å². The van der Waals surface area contributed by atoms with Crippen LogP contribution in [0.5, 0.6) is 0 Å². The number of carbonyl (C=O) groups is 1. The number of rotatable bonds is 6. The van der Waals surface area contributed by atoms with E-state index in [1.165, 1.54) is 0 Å². The van der Waals surface area contributed by atoms with Gasteiger partial charge in [0.05, 0.1) is 4.90 Å². The number of carbonyl (C=O) groups excluding carboxylic acids is 1. The van der Waals surface area contributed by atoms with E-state index in [1.54, 1.807) is 26.0 Å². The number of benzene rings is 2. The van der Waals surface area contributed by atoms with Crippen molar-refractivity contribution in [3.63, 3.8) is 0 Å². The molecule has 0 aliphatic carbocycles. The van der Waals surface area contributed by atoms with Gasteiger partial charge in [0.15, 0.2) is 0 Å². The number of nitrogens with one attached hydrogen (secondary N) is 2. The van der Waals surface area contributed by atoms with E-state index < -0.39 is 10.0 Å². The van der Waals surface area contributed by atoms with Crippen molar-refractivity contribution in [1.82, 2.24) is 10.0 Å². The summed E-state index contributed by atoms with van der Waals surface area (Å²) >= 11 is 0. The van der Waals surface area contributed by atoms with Gasteiger partial charge in [0, 0.05) is 18.7 Å². The molecule has 0 aromatic heterocycles. The van der Waals surface area contributed by atoms with Crippen molar-refractivity contribution in [3.8, 4) is 0 Å². The summed E-state index contributed by atoms with van der Waals surface area (Å²) in [6, 6.07) is 10.9. The Labute approximate surface area is 149 Å². The van der Waals surface area contributed by atoms with Gasteiger partial charge in [0.1, 0.15) is 0 Å². The molecule has 134 valence electrons. The third kappa shape index (κ3) is 4.90. The molecule has 0 fully saturated rings. The molecular formula is C19H24N2O3S. The van der Waals surface area contributed by atoms with Crippen LogP contribution in [0.15, 0.2) is 41.3 Å². The van der Waals surface area contributed by atoms with Crippen LogP contribution in [0.1, 0.15) is 32.6 Å². The zero-order chi connectivity index (χ0) is 18.6. The number of hydrogen-bond donors (Lipinski definition) is 2. The molecule has 0 saturated heterocycles. The molecule has 1 amide bonds. The molecule has 0 bridgehead atoms. The van der Waals surface area contributed by atoms with Crippen molar-refractivity contribution in [1.29, 1.82) is 0 Å². The Bertz CT molecular complexity index is 849. The molecule has 5 nitrogen and oxygen atoms in total. The summed E-state index contributed by atoms with van der Waals surface area (Å²) in [5.74, 6) is -0.220.